The molecule has 2 aromatic rings. The Morgan fingerprint density at radius 3 is 2.70 bits per heavy atom. The van der Waals surface area contributed by atoms with Crippen LogP contribution in [0.3, 0.4) is 0 Å². The first kappa shape index (κ1) is 14.7. The second-order valence-electron chi connectivity index (χ2n) is 4.60. The summed E-state index contributed by atoms with van der Waals surface area (Å²) < 4.78 is 0.956. The van der Waals surface area contributed by atoms with Crippen LogP contribution in [0.4, 0.5) is 0 Å². The van der Waals surface area contributed by atoms with Gasteiger partial charge < -0.3 is 4.90 Å². The van der Waals surface area contributed by atoms with E-state index in [2.05, 4.69) is 20.9 Å². The van der Waals surface area contributed by atoms with Gasteiger partial charge in [-0.05, 0) is 43.7 Å². The van der Waals surface area contributed by atoms with Crippen LogP contribution in [0.15, 0.2) is 47.1 Å². The molecular weight excluding hydrogens is 316 g/mol. The normalized spacial score (nSPS) is 10.3. The van der Waals surface area contributed by atoms with Crippen molar-refractivity contribution in [3.05, 3.63) is 63.9 Å². The molecule has 0 radical (unpaired) electrons. The van der Waals surface area contributed by atoms with E-state index >= 15 is 0 Å². The lowest BCUT2D eigenvalue weighted by Gasteiger charge is -2.20. The molecule has 20 heavy (non-hydrogen) atoms. The van der Waals surface area contributed by atoms with Crippen LogP contribution in [0.2, 0.25) is 0 Å². The van der Waals surface area contributed by atoms with Crippen molar-refractivity contribution in [2.24, 2.45) is 0 Å². The van der Waals surface area contributed by atoms with Gasteiger partial charge in [-0.25, -0.2) is 0 Å². The number of carbonyl (C=O) groups excluding carboxylic acids is 1. The molecule has 0 spiro atoms. The van der Waals surface area contributed by atoms with Gasteiger partial charge in [0, 0.05) is 22.8 Å². The molecule has 1 aromatic heterocycles. The number of rotatable bonds is 4. The lowest BCUT2D eigenvalue weighted by atomic mass is 10.1. The highest BCUT2D eigenvalue weighted by Gasteiger charge is 2.15. The average Bonchev–Trinajstić information content (AvgIpc) is 2.48. The zero-order valence-electron chi connectivity index (χ0n) is 11.6. The number of halogens is 1. The fraction of sp³-hybridized carbons (Fsp3) is 0.250. The van der Waals surface area contributed by atoms with Gasteiger partial charge >= 0.3 is 0 Å². The molecule has 0 saturated carbocycles. The number of nitrogens with zero attached hydrogens (tertiary/aromatic N) is 2. The maximum absolute atomic E-state index is 12.5. The van der Waals surface area contributed by atoms with Crippen molar-refractivity contribution in [3.8, 4) is 0 Å². The molecule has 4 heteroatoms. The lowest BCUT2D eigenvalue weighted by Crippen LogP contribution is -2.30. The Balaban J connectivity index is 2.18. The standard InChI is InChI=1S/C16H17BrN2O/c1-3-19(11-14-6-4-5-9-18-14)16(20)13-8-7-12(2)15(17)10-13/h4-10H,3,11H2,1-2H3. The Hall–Kier alpha value is -1.68. The van der Waals surface area contributed by atoms with Gasteiger partial charge in [0.15, 0.2) is 0 Å². The summed E-state index contributed by atoms with van der Waals surface area (Å²) in [4.78, 5) is 18.6. The van der Waals surface area contributed by atoms with E-state index in [1.54, 1.807) is 11.1 Å². The van der Waals surface area contributed by atoms with Gasteiger partial charge in [-0.3, -0.25) is 9.78 Å². The zero-order valence-corrected chi connectivity index (χ0v) is 13.2. The molecule has 1 heterocycles. The molecule has 1 aromatic carbocycles. The maximum atomic E-state index is 12.5. The van der Waals surface area contributed by atoms with Crippen LogP contribution in [0, 0.1) is 6.92 Å². The van der Waals surface area contributed by atoms with Crippen molar-refractivity contribution >= 4 is 21.8 Å². The lowest BCUT2D eigenvalue weighted by molar-refractivity contribution is 0.0750. The molecular formula is C16H17BrN2O. The molecule has 0 unspecified atom stereocenters. The molecule has 2 rings (SSSR count). The van der Waals surface area contributed by atoms with Gasteiger partial charge in [-0.15, -0.1) is 0 Å². The van der Waals surface area contributed by atoms with E-state index in [9.17, 15) is 4.79 Å². The van der Waals surface area contributed by atoms with Crippen molar-refractivity contribution in [1.29, 1.82) is 0 Å². The molecule has 0 aliphatic heterocycles. The summed E-state index contributed by atoms with van der Waals surface area (Å²) in [5, 5.41) is 0. The van der Waals surface area contributed by atoms with Gasteiger partial charge in [0.1, 0.15) is 0 Å². The third-order valence-electron chi connectivity index (χ3n) is 3.17. The third-order valence-corrected chi connectivity index (χ3v) is 4.02. The fourth-order valence-electron chi connectivity index (χ4n) is 1.92. The van der Waals surface area contributed by atoms with E-state index in [1.807, 2.05) is 50.2 Å². The van der Waals surface area contributed by atoms with Crippen molar-refractivity contribution in [1.82, 2.24) is 9.88 Å². The largest absolute Gasteiger partial charge is 0.333 e. The van der Waals surface area contributed by atoms with Crippen molar-refractivity contribution in [2.75, 3.05) is 6.54 Å². The summed E-state index contributed by atoms with van der Waals surface area (Å²) in [6.45, 7) is 5.16. The Labute approximate surface area is 127 Å². The number of hydrogen-bond donors (Lipinski definition) is 0. The summed E-state index contributed by atoms with van der Waals surface area (Å²) in [5.74, 6) is 0.0267. The molecule has 0 bridgehead atoms. The molecule has 0 atom stereocenters. The summed E-state index contributed by atoms with van der Waals surface area (Å²) in [7, 11) is 0. The predicted octanol–water partition coefficient (Wildman–Crippen LogP) is 3.81. The Morgan fingerprint density at radius 1 is 1.30 bits per heavy atom. The van der Waals surface area contributed by atoms with Crippen molar-refractivity contribution < 1.29 is 4.79 Å². The second-order valence-corrected chi connectivity index (χ2v) is 5.46. The van der Waals surface area contributed by atoms with E-state index in [-0.39, 0.29) is 5.91 Å². The molecule has 0 N–H and O–H groups in total. The zero-order chi connectivity index (χ0) is 14.5. The first-order chi connectivity index (χ1) is 9.61. The topological polar surface area (TPSA) is 33.2 Å². The first-order valence-electron chi connectivity index (χ1n) is 6.57. The molecule has 0 saturated heterocycles. The molecule has 0 aliphatic rings. The SMILES string of the molecule is CCN(Cc1ccccn1)C(=O)c1ccc(C)c(Br)c1. The highest BCUT2D eigenvalue weighted by atomic mass is 79.9. The molecule has 3 nitrogen and oxygen atoms in total. The number of carbonyl (C=O) groups is 1. The number of benzene rings is 1. The van der Waals surface area contributed by atoms with Gasteiger partial charge in [-0.2, -0.15) is 0 Å². The molecule has 0 fully saturated rings. The van der Waals surface area contributed by atoms with Crippen molar-refractivity contribution in [3.63, 3.8) is 0 Å². The third kappa shape index (κ3) is 3.45. The highest BCUT2D eigenvalue weighted by molar-refractivity contribution is 9.10. The van der Waals surface area contributed by atoms with Crippen LogP contribution in [0.25, 0.3) is 0 Å². The summed E-state index contributed by atoms with van der Waals surface area (Å²) in [5.41, 5.74) is 2.71. The Bertz CT molecular complexity index is 599. The minimum Gasteiger partial charge on any atom is -0.333 e. The van der Waals surface area contributed by atoms with Crippen LogP contribution in [-0.4, -0.2) is 22.3 Å². The summed E-state index contributed by atoms with van der Waals surface area (Å²) in [6, 6.07) is 11.4. The van der Waals surface area contributed by atoms with Gasteiger partial charge in [0.2, 0.25) is 0 Å². The van der Waals surface area contributed by atoms with Crippen LogP contribution in [0.5, 0.6) is 0 Å². The minimum atomic E-state index is 0.0267. The quantitative estimate of drug-likeness (QED) is 0.852. The second kappa shape index (κ2) is 6.66. The fourth-order valence-corrected chi connectivity index (χ4v) is 2.30. The number of aryl methyl sites for hydroxylation is 1. The van der Waals surface area contributed by atoms with E-state index in [0.717, 1.165) is 15.7 Å². The molecule has 0 aliphatic carbocycles. The predicted molar refractivity (Wildman–Crippen MR) is 83.5 cm³/mol. The van der Waals surface area contributed by atoms with Crippen molar-refractivity contribution in [2.45, 2.75) is 20.4 Å². The van der Waals surface area contributed by atoms with Crippen LogP contribution in [0.1, 0.15) is 28.5 Å². The number of pyridine rings is 1. The minimum absolute atomic E-state index is 0.0267. The van der Waals surface area contributed by atoms with Crippen LogP contribution in [-0.2, 0) is 6.54 Å². The molecule has 104 valence electrons. The van der Waals surface area contributed by atoms with Gasteiger partial charge in [0.25, 0.3) is 5.91 Å². The monoisotopic (exact) mass is 332 g/mol. The van der Waals surface area contributed by atoms with E-state index in [1.165, 1.54) is 0 Å². The maximum Gasteiger partial charge on any atom is 0.254 e. The molecule has 1 amide bonds. The first-order valence-corrected chi connectivity index (χ1v) is 7.36. The van der Waals surface area contributed by atoms with E-state index in [4.69, 9.17) is 0 Å². The number of aromatic nitrogens is 1. The van der Waals surface area contributed by atoms with Crippen LogP contribution >= 0.6 is 15.9 Å². The highest BCUT2D eigenvalue weighted by Crippen LogP contribution is 2.19. The smallest absolute Gasteiger partial charge is 0.254 e. The van der Waals surface area contributed by atoms with E-state index in [0.29, 0.717) is 18.7 Å². The summed E-state index contributed by atoms with van der Waals surface area (Å²) in [6.07, 6.45) is 1.75. The van der Waals surface area contributed by atoms with E-state index < -0.39 is 0 Å². The number of hydrogen-bond acceptors (Lipinski definition) is 2. The van der Waals surface area contributed by atoms with Gasteiger partial charge in [0.05, 0.1) is 12.2 Å². The summed E-state index contributed by atoms with van der Waals surface area (Å²) >= 11 is 3.47. The number of amides is 1. The van der Waals surface area contributed by atoms with Crippen LogP contribution < -0.4 is 0 Å². The Morgan fingerprint density at radius 2 is 2.10 bits per heavy atom. The van der Waals surface area contributed by atoms with Gasteiger partial charge in [-0.1, -0.05) is 28.1 Å². The average molecular weight is 333 g/mol. The Kier molecular flexibility index (Phi) is 4.90.